The highest BCUT2D eigenvalue weighted by Gasteiger charge is 2.28. The lowest BCUT2D eigenvalue weighted by Crippen LogP contribution is -3.15. The van der Waals surface area contributed by atoms with Crippen LogP contribution in [0.5, 0.6) is 11.5 Å². The molecule has 0 aliphatic carbocycles. The summed E-state index contributed by atoms with van der Waals surface area (Å²) in [5, 5.41) is 2.99. The molecule has 0 spiro atoms. The molecule has 7 heteroatoms. The van der Waals surface area contributed by atoms with E-state index >= 15 is 0 Å². The van der Waals surface area contributed by atoms with Crippen LogP contribution in [-0.2, 0) is 4.74 Å². The maximum atomic E-state index is 13.1. The summed E-state index contributed by atoms with van der Waals surface area (Å²) in [5.74, 6) is 0.899. The normalized spacial score (nSPS) is 17.5. The Labute approximate surface area is 156 Å². The molecular weight excluding hydrogens is 351 g/mol. The molecule has 2 N–H and O–H groups in total. The third-order valence-corrected chi connectivity index (χ3v) is 5.00. The van der Waals surface area contributed by atoms with E-state index in [1.54, 1.807) is 0 Å². The van der Waals surface area contributed by atoms with Crippen molar-refractivity contribution in [1.29, 1.82) is 0 Å². The number of benzene rings is 2. The zero-order valence-electron chi connectivity index (χ0n) is 14.9. The van der Waals surface area contributed by atoms with E-state index in [-0.39, 0.29) is 24.6 Å². The average Bonchev–Trinajstić information content (AvgIpc) is 3.17. The zero-order valence-corrected chi connectivity index (χ0v) is 14.9. The van der Waals surface area contributed by atoms with E-state index in [1.165, 1.54) is 29.2 Å². The van der Waals surface area contributed by atoms with Gasteiger partial charge in [0.25, 0.3) is 5.91 Å². The molecule has 4 rings (SSSR count). The Bertz CT molecular complexity index is 806. The van der Waals surface area contributed by atoms with E-state index in [9.17, 15) is 9.18 Å². The third-order valence-electron chi connectivity index (χ3n) is 5.00. The highest BCUT2D eigenvalue weighted by Crippen LogP contribution is 2.33. The predicted molar refractivity (Wildman–Crippen MR) is 95.6 cm³/mol. The molecule has 2 heterocycles. The Balaban J connectivity index is 1.51. The summed E-state index contributed by atoms with van der Waals surface area (Å²) in [7, 11) is 0. The van der Waals surface area contributed by atoms with Crippen LogP contribution in [0.1, 0.15) is 22.0 Å². The summed E-state index contributed by atoms with van der Waals surface area (Å²) >= 11 is 0. The number of quaternary nitrogens is 1. The minimum absolute atomic E-state index is 0.0628. The number of halogens is 1. The highest BCUT2D eigenvalue weighted by atomic mass is 19.1. The Kier molecular flexibility index (Phi) is 5.22. The summed E-state index contributed by atoms with van der Waals surface area (Å²) in [6.07, 6.45) is 0. The van der Waals surface area contributed by atoms with Gasteiger partial charge in [-0.25, -0.2) is 4.39 Å². The van der Waals surface area contributed by atoms with Gasteiger partial charge in [0.05, 0.1) is 19.8 Å². The molecule has 6 nitrogen and oxygen atoms in total. The van der Waals surface area contributed by atoms with Crippen LogP contribution in [-0.4, -0.2) is 45.5 Å². The fourth-order valence-corrected chi connectivity index (χ4v) is 3.51. The second-order valence-corrected chi connectivity index (χ2v) is 6.65. The molecule has 0 radical (unpaired) electrons. The van der Waals surface area contributed by atoms with Gasteiger partial charge < -0.3 is 24.4 Å². The van der Waals surface area contributed by atoms with Crippen molar-refractivity contribution in [3.8, 4) is 11.5 Å². The second-order valence-electron chi connectivity index (χ2n) is 6.65. The number of hydrogen-bond donors (Lipinski definition) is 2. The Hall–Kier alpha value is -2.64. The molecule has 2 aliphatic rings. The number of ether oxygens (including phenoxy) is 3. The van der Waals surface area contributed by atoms with E-state index < -0.39 is 0 Å². The minimum atomic E-state index is -0.359. The lowest BCUT2D eigenvalue weighted by molar-refractivity contribution is -0.937. The number of fused-ring (bicyclic) bond motifs is 1. The number of amides is 1. The van der Waals surface area contributed by atoms with Crippen LogP contribution in [0.3, 0.4) is 0 Å². The van der Waals surface area contributed by atoms with Gasteiger partial charge in [-0.1, -0.05) is 0 Å². The summed E-state index contributed by atoms with van der Waals surface area (Å²) in [4.78, 5) is 13.8. The van der Waals surface area contributed by atoms with Crippen LogP contribution >= 0.6 is 0 Å². The van der Waals surface area contributed by atoms with Crippen LogP contribution in [0.15, 0.2) is 42.5 Å². The van der Waals surface area contributed by atoms with Crippen molar-refractivity contribution in [3.05, 3.63) is 59.4 Å². The summed E-state index contributed by atoms with van der Waals surface area (Å²) in [6, 6.07) is 11.5. The fraction of sp³-hybridized carbons (Fsp3) is 0.350. The van der Waals surface area contributed by atoms with Crippen LogP contribution in [0.4, 0.5) is 4.39 Å². The van der Waals surface area contributed by atoms with E-state index in [4.69, 9.17) is 14.2 Å². The Morgan fingerprint density at radius 3 is 2.59 bits per heavy atom. The molecule has 1 saturated heterocycles. The van der Waals surface area contributed by atoms with Gasteiger partial charge in [0.1, 0.15) is 24.9 Å². The van der Waals surface area contributed by atoms with E-state index in [0.29, 0.717) is 25.3 Å². The zero-order chi connectivity index (χ0) is 18.6. The number of morpholine rings is 1. The molecule has 0 bridgehead atoms. The highest BCUT2D eigenvalue weighted by molar-refractivity contribution is 5.94. The van der Waals surface area contributed by atoms with Gasteiger partial charge in [-0.05, 0) is 42.5 Å². The van der Waals surface area contributed by atoms with Crippen molar-refractivity contribution in [2.24, 2.45) is 0 Å². The topological polar surface area (TPSA) is 61.2 Å². The molecule has 0 aromatic heterocycles. The van der Waals surface area contributed by atoms with Gasteiger partial charge in [-0.2, -0.15) is 0 Å². The van der Waals surface area contributed by atoms with Crippen molar-refractivity contribution in [3.63, 3.8) is 0 Å². The molecule has 27 heavy (non-hydrogen) atoms. The van der Waals surface area contributed by atoms with Crippen molar-refractivity contribution in [1.82, 2.24) is 5.32 Å². The summed E-state index contributed by atoms with van der Waals surface area (Å²) in [5.41, 5.74) is 1.52. The van der Waals surface area contributed by atoms with Crippen molar-refractivity contribution in [2.75, 3.05) is 39.6 Å². The van der Waals surface area contributed by atoms with Crippen LogP contribution in [0.2, 0.25) is 0 Å². The molecule has 2 aliphatic heterocycles. The van der Waals surface area contributed by atoms with Crippen LogP contribution < -0.4 is 19.7 Å². The molecular formula is C20H22FN2O4+. The molecule has 1 fully saturated rings. The standard InChI is InChI=1S/C20H21FN2O4/c21-16-4-1-14(2-5-16)20(24)22-12-17(23-7-9-25-10-8-23)15-3-6-18-19(11-15)27-13-26-18/h1-6,11,17H,7-10,12-13H2,(H,22,24)/p+1/t17-/m0/s1. The van der Waals surface area contributed by atoms with Gasteiger partial charge >= 0.3 is 0 Å². The molecule has 2 aromatic rings. The first kappa shape index (κ1) is 17.8. The van der Waals surface area contributed by atoms with Crippen LogP contribution in [0, 0.1) is 5.82 Å². The fourth-order valence-electron chi connectivity index (χ4n) is 3.51. The third kappa shape index (κ3) is 4.04. The van der Waals surface area contributed by atoms with Crippen LogP contribution in [0.25, 0.3) is 0 Å². The average molecular weight is 373 g/mol. The summed E-state index contributed by atoms with van der Waals surface area (Å²) in [6.45, 7) is 3.82. The van der Waals surface area contributed by atoms with Gasteiger partial charge in [0.15, 0.2) is 11.5 Å². The largest absolute Gasteiger partial charge is 0.454 e. The lowest BCUT2D eigenvalue weighted by Gasteiger charge is -2.32. The van der Waals surface area contributed by atoms with E-state index in [1.807, 2.05) is 18.2 Å². The monoisotopic (exact) mass is 373 g/mol. The molecule has 0 unspecified atom stereocenters. The lowest BCUT2D eigenvalue weighted by atomic mass is 10.0. The van der Waals surface area contributed by atoms with E-state index in [2.05, 4.69) is 5.32 Å². The molecule has 1 amide bonds. The molecule has 1 atom stereocenters. The molecule has 2 aromatic carbocycles. The van der Waals surface area contributed by atoms with Crippen molar-refractivity contribution < 1.29 is 28.3 Å². The SMILES string of the molecule is O=C(NC[C@@H](c1ccc2c(c1)OCO2)[NH+]1CCOCC1)c1ccc(F)cc1. The van der Waals surface area contributed by atoms with Gasteiger partial charge in [-0.3, -0.25) is 4.79 Å². The molecule has 0 saturated carbocycles. The number of hydrogen-bond acceptors (Lipinski definition) is 4. The molecule has 142 valence electrons. The first-order valence-electron chi connectivity index (χ1n) is 9.06. The Morgan fingerprint density at radius 1 is 1.07 bits per heavy atom. The Morgan fingerprint density at radius 2 is 1.81 bits per heavy atom. The van der Waals surface area contributed by atoms with Gasteiger partial charge in [0, 0.05) is 11.1 Å². The van der Waals surface area contributed by atoms with Gasteiger partial charge in [0.2, 0.25) is 6.79 Å². The number of carbonyl (C=O) groups excluding carboxylic acids is 1. The first-order chi connectivity index (χ1) is 13.2. The van der Waals surface area contributed by atoms with Crippen molar-refractivity contribution in [2.45, 2.75) is 6.04 Å². The minimum Gasteiger partial charge on any atom is -0.454 e. The number of carbonyl (C=O) groups is 1. The van der Waals surface area contributed by atoms with Gasteiger partial charge in [-0.15, -0.1) is 0 Å². The summed E-state index contributed by atoms with van der Waals surface area (Å²) < 4.78 is 29.4. The predicted octanol–water partition coefficient (Wildman–Crippen LogP) is 0.941. The first-order valence-corrected chi connectivity index (χ1v) is 9.06. The quantitative estimate of drug-likeness (QED) is 0.819. The smallest absolute Gasteiger partial charge is 0.251 e. The van der Waals surface area contributed by atoms with Crippen molar-refractivity contribution >= 4 is 5.91 Å². The maximum absolute atomic E-state index is 13.1. The maximum Gasteiger partial charge on any atom is 0.251 e. The number of nitrogens with one attached hydrogen (secondary N) is 2. The number of rotatable bonds is 5. The second kappa shape index (κ2) is 7.94. The van der Waals surface area contributed by atoms with E-state index in [0.717, 1.165) is 30.2 Å².